The number of aliphatic hydroxyl groups is 1. The first-order chi connectivity index (χ1) is 19.2. The third-order valence-electron chi connectivity index (χ3n) is 7.74. The molecule has 0 bridgehead atoms. The Hall–Kier alpha value is -3.94. The van der Waals surface area contributed by atoms with Crippen LogP contribution >= 0.6 is 0 Å². The standard InChI is InChI=1S/C32H33N3O4/c1-2-38-32-24(13-8-16-36)26(23-12-7-11-22-21-10-4-3-9-20(21)17-25(22)23)18-29(39-32)31(37)33-19-30-34-27-14-5-6-15-28(27)35-30/h3-7,9-12,14-15,18,24,26,32,36H,2,8,13,16-17,19H2,1H3,(H,33,37)(H,34,35). The Labute approximate surface area is 227 Å². The first-order valence-electron chi connectivity index (χ1n) is 13.7. The van der Waals surface area contributed by atoms with Crippen LogP contribution in [0.4, 0.5) is 0 Å². The maximum Gasteiger partial charge on any atom is 0.286 e. The van der Waals surface area contributed by atoms with Crippen LogP contribution in [0.1, 0.15) is 48.2 Å². The van der Waals surface area contributed by atoms with Crippen molar-refractivity contribution in [3.05, 3.63) is 101 Å². The van der Waals surface area contributed by atoms with Crippen molar-refractivity contribution in [3.8, 4) is 11.1 Å². The molecule has 200 valence electrons. The molecular weight excluding hydrogens is 490 g/mol. The van der Waals surface area contributed by atoms with Crippen LogP contribution in [0.25, 0.3) is 22.2 Å². The number of aliphatic hydroxyl groups excluding tert-OH is 1. The second kappa shape index (κ2) is 11.0. The number of aromatic amines is 1. The maximum atomic E-state index is 13.4. The van der Waals surface area contributed by atoms with Crippen molar-refractivity contribution in [2.75, 3.05) is 13.2 Å². The van der Waals surface area contributed by atoms with Crippen LogP contribution in [0.3, 0.4) is 0 Å². The number of allylic oxidation sites excluding steroid dienone is 1. The molecule has 0 fully saturated rings. The van der Waals surface area contributed by atoms with Gasteiger partial charge in [-0.3, -0.25) is 4.79 Å². The van der Waals surface area contributed by atoms with Crippen LogP contribution in [-0.4, -0.2) is 40.5 Å². The number of rotatable bonds is 9. The van der Waals surface area contributed by atoms with Crippen LogP contribution < -0.4 is 5.32 Å². The molecule has 3 aromatic carbocycles. The summed E-state index contributed by atoms with van der Waals surface area (Å²) in [5.41, 5.74) is 8.08. The van der Waals surface area contributed by atoms with E-state index < -0.39 is 6.29 Å². The second-order valence-electron chi connectivity index (χ2n) is 10.1. The summed E-state index contributed by atoms with van der Waals surface area (Å²) in [7, 11) is 0. The van der Waals surface area contributed by atoms with E-state index in [9.17, 15) is 9.90 Å². The zero-order valence-electron chi connectivity index (χ0n) is 22.0. The van der Waals surface area contributed by atoms with E-state index in [-0.39, 0.29) is 36.7 Å². The molecule has 3 unspecified atom stereocenters. The fourth-order valence-electron chi connectivity index (χ4n) is 5.96. The molecule has 1 amide bonds. The third-order valence-corrected chi connectivity index (χ3v) is 7.74. The van der Waals surface area contributed by atoms with Gasteiger partial charge in [-0.1, -0.05) is 54.6 Å². The van der Waals surface area contributed by atoms with Gasteiger partial charge in [-0.2, -0.15) is 0 Å². The molecule has 1 aliphatic heterocycles. The second-order valence-corrected chi connectivity index (χ2v) is 10.1. The molecule has 0 saturated heterocycles. The van der Waals surface area contributed by atoms with Gasteiger partial charge in [-0.25, -0.2) is 4.98 Å². The number of aromatic nitrogens is 2. The number of benzene rings is 3. The van der Waals surface area contributed by atoms with Gasteiger partial charge in [0, 0.05) is 25.0 Å². The lowest BCUT2D eigenvalue weighted by Crippen LogP contribution is -2.39. The number of carbonyl (C=O) groups is 1. The summed E-state index contributed by atoms with van der Waals surface area (Å²) in [5, 5.41) is 12.6. The lowest BCUT2D eigenvalue weighted by Gasteiger charge is -2.37. The smallest absolute Gasteiger partial charge is 0.286 e. The summed E-state index contributed by atoms with van der Waals surface area (Å²) in [6.07, 6.45) is 3.55. The van der Waals surface area contributed by atoms with Gasteiger partial charge in [0.25, 0.3) is 5.91 Å². The normalized spacial score (nSPS) is 19.7. The molecule has 7 nitrogen and oxygen atoms in total. The van der Waals surface area contributed by atoms with Crippen molar-refractivity contribution >= 4 is 16.9 Å². The van der Waals surface area contributed by atoms with Crippen molar-refractivity contribution in [2.24, 2.45) is 5.92 Å². The number of imidazole rings is 1. The van der Waals surface area contributed by atoms with Gasteiger partial charge in [0.05, 0.1) is 17.6 Å². The summed E-state index contributed by atoms with van der Waals surface area (Å²) in [4.78, 5) is 21.2. The molecule has 2 aliphatic rings. The number of fused-ring (bicyclic) bond motifs is 4. The van der Waals surface area contributed by atoms with E-state index in [1.807, 2.05) is 37.3 Å². The molecule has 6 rings (SSSR count). The fraction of sp³-hybridized carbons (Fsp3) is 0.312. The Bertz CT molecular complexity index is 1490. The van der Waals surface area contributed by atoms with Crippen molar-refractivity contribution < 1.29 is 19.4 Å². The van der Waals surface area contributed by atoms with Gasteiger partial charge in [0.1, 0.15) is 5.82 Å². The molecule has 0 spiro atoms. The number of ether oxygens (including phenoxy) is 2. The molecule has 4 aromatic rings. The van der Waals surface area contributed by atoms with Crippen LogP contribution in [0, 0.1) is 5.92 Å². The van der Waals surface area contributed by atoms with Gasteiger partial charge < -0.3 is 24.9 Å². The van der Waals surface area contributed by atoms with E-state index in [1.54, 1.807) is 0 Å². The highest BCUT2D eigenvalue weighted by molar-refractivity contribution is 5.92. The van der Waals surface area contributed by atoms with E-state index >= 15 is 0 Å². The molecule has 0 radical (unpaired) electrons. The lowest BCUT2D eigenvalue weighted by atomic mass is 9.78. The Morgan fingerprint density at radius 3 is 2.77 bits per heavy atom. The topological polar surface area (TPSA) is 96.5 Å². The monoisotopic (exact) mass is 523 g/mol. The predicted molar refractivity (Wildman–Crippen MR) is 150 cm³/mol. The third kappa shape index (κ3) is 4.95. The van der Waals surface area contributed by atoms with Crippen LogP contribution in [0.5, 0.6) is 0 Å². The average molecular weight is 524 g/mol. The van der Waals surface area contributed by atoms with Crippen molar-refractivity contribution in [3.63, 3.8) is 0 Å². The number of nitrogens with one attached hydrogen (secondary N) is 2. The Morgan fingerprint density at radius 2 is 1.92 bits per heavy atom. The van der Waals surface area contributed by atoms with Gasteiger partial charge in [0.15, 0.2) is 5.76 Å². The zero-order valence-corrected chi connectivity index (χ0v) is 22.0. The first kappa shape index (κ1) is 25.3. The van der Waals surface area contributed by atoms with E-state index in [2.05, 4.69) is 57.7 Å². The van der Waals surface area contributed by atoms with Gasteiger partial charge >= 0.3 is 0 Å². The highest BCUT2D eigenvalue weighted by Crippen LogP contribution is 2.46. The van der Waals surface area contributed by atoms with Gasteiger partial charge in [0.2, 0.25) is 6.29 Å². The number of hydrogen-bond donors (Lipinski definition) is 3. The summed E-state index contributed by atoms with van der Waals surface area (Å²) >= 11 is 0. The van der Waals surface area contributed by atoms with Gasteiger partial charge in [-0.05, 0) is 72.2 Å². The zero-order chi connectivity index (χ0) is 26.8. The minimum absolute atomic E-state index is 0.0424. The number of amides is 1. The Kier molecular flexibility index (Phi) is 7.18. The van der Waals surface area contributed by atoms with Crippen molar-refractivity contribution in [1.29, 1.82) is 0 Å². The van der Waals surface area contributed by atoms with E-state index in [4.69, 9.17) is 9.47 Å². The molecule has 1 aromatic heterocycles. The SMILES string of the molecule is CCOC1OC(C(=O)NCc2nc3ccccc3[nH]2)=CC(c2cccc3c2Cc2ccccc2-3)C1CCCO. The van der Waals surface area contributed by atoms with Crippen molar-refractivity contribution in [1.82, 2.24) is 15.3 Å². The molecule has 7 heteroatoms. The molecule has 3 N–H and O–H groups in total. The van der Waals surface area contributed by atoms with Gasteiger partial charge in [-0.15, -0.1) is 0 Å². The predicted octanol–water partition coefficient (Wildman–Crippen LogP) is 5.20. The quantitative estimate of drug-likeness (QED) is 0.247. The van der Waals surface area contributed by atoms with Crippen molar-refractivity contribution in [2.45, 2.75) is 44.9 Å². The number of hydrogen-bond acceptors (Lipinski definition) is 5. The number of carbonyl (C=O) groups excluding carboxylic acids is 1. The molecular formula is C32H33N3O4. The summed E-state index contributed by atoms with van der Waals surface area (Å²) < 4.78 is 12.3. The molecule has 1 aliphatic carbocycles. The molecule has 3 atom stereocenters. The maximum absolute atomic E-state index is 13.4. The average Bonchev–Trinajstić information content (AvgIpc) is 3.56. The Balaban J connectivity index is 1.32. The fourth-order valence-corrected chi connectivity index (χ4v) is 5.96. The minimum atomic E-state index is -0.594. The summed E-state index contributed by atoms with van der Waals surface area (Å²) in [5.74, 6) is 0.486. The first-order valence-corrected chi connectivity index (χ1v) is 13.7. The number of para-hydroxylation sites is 2. The van der Waals surface area contributed by atoms with Crippen LogP contribution in [0.2, 0.25) is 0 Å². The highest BCUT2D eigenvalue weighted by atomic mass is 16.7. The molecule has 0 saturated carbocycles. The highest BCUT2D eigenvalue weighted by Gasteiger charge is 2.39. The van der Waals surface area contributed by atoms with E-state index in [0.29, 0.717) is 25.3 Å². The summed E-state index contributed by atoms with van der Waals surface area (Å²) in [6, 6.07) is 22.7. The molecule has 39 heavy (non-hydrogen) atoms. The van der Waals surface area contributed by atoms with E-state index in [1.165, 1.54) is 27.8 Å². The Morgan fingerprint density at radius 1 is 1.10 bits per heavy atom. The lowest BCUT2D eigenvalue weighted by molar-refractivity contribution is -0.166. The van der Waals surface area contributed by atoms with Crippen LogP contribution in [-0.2, 0) is 27.2 Å². The van der Waals surface area contributed by atoms with E-state index in [0.717, 1.165) is 17.5 Å². The summed E-state index contributed by atoms with van der Waals surface area (Å²) in [6.45, 7) is 2.73. The van der Waals surface area contributed by atoms with Crippen LogP contribution in [0.15, 0.2) is 78.6 Å². The molecule has 2 heterocycles. The minimum Gasteiger partial charge on any atom is -0.459 e. The number of H-pyrrole nitrogens is 1. The largest absolute Gasteiger partial charge is 0.459 e. The number of nitrogens with zero attached hydrogens (tertiary/aromatic N) is 1.